The highest BCUT2D eigenvalue weighted by Crippen LogP contribution is 2.29. The third kappa shape index (κ3) is 3.71. The van der Waals surface area contributed by atoms with Crippen molar-refractivity contribution in [1.29, 1.82) is 0 Å². The van der Waals surface area contributed by atoms with Crippen molar-refractivity contribution in [3.8, 4) is 22.9 Å². The highest BCUT2D eigenvalue weighted by Gasteiger charge is 2.13. The van der Waals surface area contributed by atoms with Crippen molar-refractivity contribution >= 4 is 21.7 Å². The third-order valence-corrected chi connectivity index (χ3v) is 5.58. The summed E-state index contributed by atoms with van der Waals surface area (Å²) in [6.07, 6.45) is 0.549. The Morgan fingerprint density at radius 2 is 1.64 bits per heavy atom. The smallest absolute Gasteiger partial charge is 0.272 e. The van der Waals surface area contributed by atoms with Gasteiger partial charge in [-0.2, -0.15) is 5.10 Å². The van der Waals surface area contributed by atoms with E-state index in [-0.39, 0.29) is 11.1 Å². The molecule has 0 spiro atoms. The number of nitrogens with zero attached hydrogens (tertiary/aromatic N) is 2. The minimum Gasteiger partial charge on any atom is -0.497 e. The maximum Gasteiger partial charge on any atom is 0.272 e. The number of aromatic nitrogens is 4. The molecule has 0 saturated heterocycles. The van der Waals surface area contributed by atoms with Gasteiger partial charge in [0, 0.05) is 29.5 Å². The van der Waals surface area contributed by atoms with Crippen molar-refractivity contribution in [3.63, 3.8) is 0 Å². The summed E-state index contributed by atoms with van der Waals surface area (Å²) in [6.45, 7) is 0. The van der Waals surface area contributed by atoms with Gasteiger partial charge in [-0.3, -0.25) is 9.59 Å². The van der Waals surface area contributed by atoms with Crippen LogP contribution in [0.25, 0.3) is 33.1 Å². The van der Waals surface area contributed by atoms with E-state index in [0.29, 0.717) is 40.0 Å². The Labute approximate surface area is 187 Å². The van der Waals surface area contributed by atoms with Gasteiger partial charge in [0.1, 0.15) is 22.7 Å². The van der Waals surface area contributed by atoms with Crippen LogP contribution in [-0.4, -0.2) is 34.4 Å². The molecule has 0 aliphatic carbocycles. The van der Waals surface area contributed by atoms with Gasteiger partial charge in [-0.1, -0.05) is 42.5 Å². The van der Waals surface area contributed by atoms with Gasteiger partial charge in [0.15, 0.2) is 0 Å². The quantitative estimate of drug-likeness (QED) is 0.433. The van der Waals surface area contributed by atoms with E-state index < -0.39 is 0 Å². The largest absolute Gasteiger partial charge is 0.497 e. The lowest BCUT2D eigenvalue weighted by Crippen LogP contribution is -2.11. The Hall–Kier alpha value is -4.46. The van der Waals surface area contributed by atoms with Gasteiger partial charge >= 0.3 is 0 Å². The first-order chi connectivity index (χ1) is 16.1. The SMILES string of the molecule is COc1cc(OC)c2c(=O)[nH]c(-c3ccc(Cc4n[nH]c(=O)c5ccccc45)cc3)nc2c1. The third-order valence-electron chi connectivity index (χ3n) is 5.58. The van der Waals surface area contributed by atoms with E-state index in [1.54, 1.807) is 25.3 Å². The van der Waals surface area contributed by atoms with Crippen LogP contribution < -0.4 is 20.6 Å². The molecule has 0 fully saturated rings. The van der Waals surface area contributed by atoms with Crippen molar-refractivity contribution in [2.45, 2.75) is 6.42 Å². The van der Waals surface area contributed by atoms with Gasteiger partial charge in [-0.05, 0) is 11.6 Å². The Morgan fingerprint density at radius 3 is 2.36 bits per heavy atom. The number of rotatable bonds is 5. The molecular formula is C25H20N4O4. The predicted molar refractivity (Wildman–Crippen MR) is 126 cm³/mol. The Morgan fingerprint density at radius 1 is 0.879 bits per heavy atom. The zero-order valence-electron chi connectivity index (χ0n) is 18.0. The van der Waals surface area contributed by atoms with E-state index in [0.717, 1.165) is 22.2 Å². The molecule has 0 radical (unpaired) electrons. The number of H-pyrrole nitrogens is 2. The van der Waals surface area contributed by atoms with E-state index in [4.69, 9.17) is 9.47 Å². The van der Waals surface area contributed by atoms with Crippen molar-refractivity contribution in [2.24, 2.45) is 0 Å². The number of aromatic amines is 2. The number of ether oxygens (including phenoxy) is 2. The summed E-state index contributed by atoms with van der Waals surface area (Å²) in [5.41, 5.74) is 2.55. The van der Waals surface area contributed by atoms with E-state index in [2.05, 4.69) is 20.2 Å². The first kappa shape index (κ1) is 20.4. The second kappa shape index (κ2) is 8.23. The standard InChI is InChI=1S/C25H20N4O4/c1-32-16-12-20-22(21(13-16)33-2)25(31)27-23(26-20)15-9-7-14(8-10-15)11-19-17-5-3-4-6-18(17)24(30)29-28-19/h3-10,12-13H,11H2,1-2H3,(H,29,30)(H,26,27,31). The molecule has 2 N–H and O–H groups in total. The Bertz CT molecular complexity index is 1600. The number of methoxy groups -OCH3 is 2. The molecule has 0 saturated carbocycles. The lowest BCUT2D eigenvalue weighted by molar-refractivity contribution is 0.397. The number of hydrogen-bond donors (Lipinski definition) is 2. The highest BCUT2D eigenvalue weighted by atomic mass is 16.5. The molecule has 33 heavy (non-hydrogen) atoms. The lowest BCUT2D eigenvalue weighted by Gasteiger charge is -2.10. The normalized spacial score (nSPS) is 11.1. The predicted octanol–water partition coefficient (Wildman–Crippen LogP) is 3.43. The van der Waals surface area contributed by atoms with E-state index in [1.807, 2.05) is 42.5 Å². The van der Waals surface area contributed by atoms with Crippen LogP contribution >= 0.6 is 0 Å². The second-order valence-electron chi connectivity index (χ2n) is 7.56. The number of hydrogen-bond acceptors (Lipinski definition) is 6. The van der Waals surface area contributed by atoms with Crippen LogP contribution in [0, 0.1) is 0 Å². The molecule has 164 valence electrons. The minimum atomic E-state index is -0.289. The van der Waals surface area contributed by atoms with Crippen LogP contribution in [0.5, 0.6) is 11.5 Å². The molecule has 3 aromatic carbocycles. The van der Waals surface area contributed by atoms with Crippen molar-refractivity contribution in [3.05, 3.63) is 92.6 Å². The fourth-order valence-electron chi connectivity index (χ4n) is 3.91. The van der Waals surface area contributed by atoms with Crippen LogP contribution in [0.3, 0.4) is 0 Å². The fraction of sp³-hybridized carbons (Fsp3) is 0.120. The lowest BCUT2D eigenvalue weighted by atomic mass is 10.0. The van der Waals surface area contributed by atoms with Gasteiger partial charge in [0.2, 0.25) is 0 Å². The van der Waals surface area contributed by atoms with Crippen LogP contribution in [0.2, 0.25) is 0 Å². The second-order valence-corrected chi connectivity index (χ2v) is 7.56. The summed E-state index contributed by atoms with van der Waals surface area (Å²) < 4.78 is 10.6. The maximum absolute atomic E-state index is 12.8. The van der Waals surface area contributed by atoms with E-state index >= 15 is 0 Å². The highest BCUT2D eigenvalue weighted by molar-refractivity contribution is 5.87. The van der Waals surface area contributed by atoms with Crippen LogP contribution in [0.15, 0.2) is 70.3 Å². The molecule has 2 heterocycles. The minimum absolute atomic E-state index is 0.204. The molecule has 5 aromatic rings. The summed E-state index contributed by atoms with van der Waals surface area (Å²) in [7, 11) is 3.05. The number of fused-ring (bicyclic) bond motifs is 2. The summed E-state index contributed by atoms with van der Waals surface area (Å²) in [4.78, 5) is 32.2. The fourth-order valence-corrected chi connectivity index (χ4v) is 3.91. The Kier molecular flexibility index (Phi) is 5.10. The summed E-state index contributed by atoms with van der Waals surface area (Å²) in [5.74, 6) is 1.40. The molecule has 2 aromatic heterocycles. The molecule has 0 atom stereocenters. The molecule has 0 bridgehead atoms. The van der Waals surface area contributed by atoms with Crippen LogP contribution in [0.1, 0.15) is 11.3 Å². The topological polar surface area (TPSA) is 110 Å². The average molecular weight is 440 g/mol. The van der Waals surface area contributed by atoms with Gasteiger partial charge in [0.25, 0.3) is 11.1 Å². The molecule has 8 nitrogen and oxygen atoms in total. The molecular weight excluding hydrogens is 420 g/mol. The van der Waals surface area contributed by atoms with Gasteiger partial charge < -0.3 is 14.5 Å². The first-order valence-electron chi connectivity index (χ1n) is 10.3. The van der Waals surface area contributed by atoms with Crippen LogP contribution in [-0.2, 0) is 6.42 Å². The van der Waals surface area contributed by atoms with Gasteiger partial charge in [-0.15, -0.1) is 0 Å². The Balaban J connectivity index is 1.51. The number of nitrogens with one attached hydrogen (secondary N) is 2. The first-order valence-corrected chi connectivity index (χ1v) is 10.3. The molecule has 0 aliphatic rings. The van der Waals surface area contributed by atoms with Crippen LogP contribution in [0.4, 0.5) is 0 Å². The molecule has 0 unspecified atom stereocenters. The van der Waals surface area contributed by atoms with E-state index in [9.17, 15) is 9.59 Å². The zero-order valence-corrected chi connectivity index (χ0v) is 18.0. The summed E-state index contributed by atoms with van der Waals surface area (Å²) in [5, 5.41) is 8.62. The van der Waals surface area contributed by atoms with Crippen molar-refractivity contribution in [1.82, 2.24) is 20.2 Å². The van der Waals surface area contributed by atoms with Crippen molar-refractivity contribution in [2.75, 3.05) is 14.2 Å². The molecule has 0 aliphatic heterocycles. The van der Waals surface area contributed by atoms with E-state index in [1.165, 1.54) is 7.11 Å². The van der Waals surface area contributed by atoms with Crippen molar-refractivity contribution < 1.29 is 9.47 Å². The van der Waals surface area contributed by atoms with Gasteiger partial charge in [0.05, 0.1) is 30.8 Å². The maximum atomic E-state index is 12.8. The number of benzene rings is 3. The summed E-state index contributed by atoms with van der Waals surface area (Å²) in [6, 6.07) is 18.5. The average Bonchev–Trinajstić information content (AvgIpc) is 2.85. The monoisotopic (exact) mass is 440 g/mol. The molecule has 5 rings (SSSR count). The molecule has 8 heteroatoms. The summed E-state index contributed by atoms with van der Waals surface area (Å²) >= 11 is 0. The van der Waals surface area contributed by atoms with Gasteiger partial charge in [-0.25, -0.2) is 10.1 Å². The zero-order chi connectivity index (χ0) is 22.9. The molecule has 0 amide bonds.